The van der Waals surface area contributed by atoms with Gasteiger partial charge in [-0.15, -0.1) is 0 Å². The molecule has 0 unspecified atom stereocenters. The van der Waals surface area contributed by atoms with Gasteiger partial charge in [-0.05, 0) is 140 Å². The summed E-state index contributed by atoms with van der Waals surface area (Å²) in [5.41, 5.74) is 28.6. The molecule has 4 nitrogen and oxygen atoms in total. The van der Waals surface area contributed by atoms with Crippen LogP contribution >= 0.6 is 0 Å². The number of rotatable bonds is 11. The lowest BCUT2D eigenvalue weighted by Crippen LogP contribution is -2.61. The second-order valence-electron chi connectivity index (χ2n) is 23.2. The van der Waals surface area contributed by atoms with Crippen LogP contribution in [0.5, 0.6) is 0 Å². The van der Waals surface area contributed by atoms with Crippen LogP contribution < -0.4 is 31.1 Å². The van der Waals surface area contributed by atoms with Crippen LogP contribution in [0.1, 0.15) is 0 Å². The zero-order valence-electron chi connectivity index (χ0n) is 48.8. The van der Waals surface area contributed by atoms with Crippen molar-refractivity contribution in [3.05, 3.63) is 346 Å². The van der Waals surface area contributed by atoms with E-state index in [4.69, 9.17) is 0 Å². The Morgan fingerprint density at radius 1 is 0.258 bits per heavy atom. The molecule has 89 heavy (non-hydrogen) atoms. The predicted molar refractivity (Wildman–Crippen MR) is 377 cm³/mol. The molecule has 0 spiro atoms. The van der Waals surface area contributed by atoms with E-state index in [1.54, 1.807) is 0 Å². The lowest BCUT2D eigenvalue weighted by Gasteiger charge is -2.45. The minimum absolute atomic E-state index is 0.187. The van der Waals surface area contributed by atoms with E-state index in [0.717, 1.165) is 101 Å². The summed E-state index contributed by atoms with van der Waals surface area (Å²) >= 11 is 0. The van der Waals surface area contributed by atoms with E-state index < -0.39 is 0 Å². The summed E-state index contributed by atoms with van der Waals surface area (Å²) in [6, 6.07) is 127. The van der Waals surface area contributed by atoms with Gasteiger partial charge >= 0.3 is 0 Å². The van der Waals surface area contributed by atoms with Gasteiger partial charge < -0.3 is 19.3 Å². The molecule has 14 aromatic carbocycles. The maximum atomic E-state index is 2.62. The smallest absolute Gasteiger partial charge is 0.252 e. The van der Waals surface area contributed by atoms with Crippen molar-refractivity contribution in [3.8, 4) is 61.3 Å². The Bertz CT molecular complexity index is 5000. The molecule has 416 valence electrons. The fraction of sp³-hybridized carbons (Fsp3) is 0. The fourth-order valence-corrected chi connectivity index (χ4v) is 14.2. The summed E-state index contributed by atoms with van der Waals surface area (Å²) in [4.78, 5) is 7.61. The third-order valence-electron chi connectivity index (χ3n) is 18.1. The molecule has 2 aliphatic heterocycles. The topological polar surface area (TPSA) is 14.7 Å². The maximum Gasteiger partial charge on any atom is 0.252 e. The van der Waals surface area contributed by atoms with Gasteiger partial charge in [0, 0.05) is 61.7 Å². The Kier molecular flexibility index (Phi) is 12.6. The minimum atomic E-state index is -0.187. The molecule has 3 heterocycles. The lowest BCUT2D eigenvalue weighted by atomic mass is 9.33. The molecule has 15 aromatic rings. The molecule has 0 saturated heterocycles. The summed E-state index contributed by atoms with van der Waals surface area (Å²) < 4.78 is 2.57. The number of fused-ring (bicyclic) bond motifs is 8. The van der Waals surface area contributed by atoms with E-state index in [1.807, 2.05) is 0 Å². The second kappa shape index (κ2) is 21.7. The number of hydrogen-bond acceptors (Lipinski definition) is 3. The van der Waals surface area contributed by atoms with Gasteiger partial charge in [0.15, 0.2) is 0 Å². The lowest BCUT2D eigenvalue weighted by molar-refractivity contribution is 1.18. The molecule has 5 heteroatoms. The summed E-state index contributed by atoms with van der Waals surface area (Å²) in [6.07, 6.45) is 0. The molecule has 17 rings (SSSR count). The number of benzene rings is 14. The van der Waals surface area contributed by atoms with E-state index in [-0.39, 0.29) is 6.71 Å². The Hall–Kier alpha value is -11.7. The zero-order valence-corrected chi connectivity index (χ0v) is 48.8. The molecule has 0 aliphatic carbocycles. The molecule has 1 aromatic heterocycles. The highest BCUT2D eigenvalue weighted by atomic mass is 15.2. The van der Waals surface area contributed by atoms with Crippen molar-refractivity contribution < 1.29 is 0 Å². The van der Waals surface area contributed by atoms with Crippen molar-refractivity contribution in [2.24, 2.45) is 0 Å². The van der Waals surface area contributed by atoms with Gasteiger partial charge in [-0.2, -0.15) is 0 Å². The monoisotopic (exact) mass is 1130 g/mol. The Labute approximate surface area is 519 Å². The number of hydrogen-bond donors (Lipinski definition) is 0. The Morgan fingerprint density at radius 2 is 0.674 bits per heavy atom. The van der Waals surface area contributed by atoms with E-state index >= 15 is 0 Å². The van der Waals surface area contributed by atoms with Gasteiger partial charge in [0.25, 0.3) is 6.71 Å². The molecular weight excluding hydrogens is 1080 g/mol. The summed E-state index contributed by atoms with van der Waals surface area (Å²) in [7, 11) is 0. The molecule has 2 aliphatic rings. The average Bonchev–Trinajstić information content (AvgIpc) is 1.67. The average molecular weight is 1130 g/mol. The van der Waals surface area contributed by atoms with Gasteiger partial charge in [0.05, 0.1) is 28.1 Å². The van der Waals surface area contributed by atoms with Crippen LogP contribution in [0, 0.1) is 0 Å². The number of nitrogens with zero attached hydrogens (tertiary/aromatic N) is 4. The first-order chi connectivity index (χ1) is 44.2. The quantitative estimate of drug-likeness (QED) is 0.120. The maximum absolute atomic E-state index is 2.62. The van der Waals surface area contributed by atoms with Crippen LogP contribution in [0.3, 0.4) is 0 Å². The van der Waals surface area contributed by atoms with Crippen LogP contribution in [-0.2, 0) is 0 Å². The van der Waals surface area contributed by atoms with Crippen molar-refractivity contribution >= 4 is 96.1 Å². The Balaban J connectivity index is 1.02. The molecule has 0 amide bonds. The number of anilines is 9. The van der Waals surface area contributed by atoms with E-state index in [2.05, 4.69) is 365 Å². The van der Waals surface area contributed by atoms with Crippen LogP contribution in [0.2, 0.25) is 0 Å². The van der Waals surface area contributed by atoms with Crippen LogP contribution in [-0.4, -0.2) is 11.3 Å². The summed E-state index contributed by atoms with van der Waals surface area (Å²) in [5, 5.41) is 2.37. The first-order valence-corrected chi connectivity index (χ1v) is 30.7. The van der Waals surface area contributed by atoms with E-state index in [1.165, 1.54) is 49.4 Å². The number of para-hydroxylation sites is 4. The predicted octanol–water partition coefficient (Wildman–Crippen LogP) is 20.7. The largest absolute Gasteiger partial charge is 0.311 e. The van der Waals surface area contributed by atoms with Crippen LogP contribution in [0.15, 0.2) is 346 Å². The van der Waals surface area contributed by atoms with Gasteiger partial charge in [-0.1, -0.05) is 267 Å². The van der Waals surface area contributed by atoms with Crippen molar-refractivity contribution in [2.45, 2.75) is 0 Å². The molecule has 0 radical (unpaired) electrons. The number of aromatic nitrogens is 1. The Morgan fingerprint density at radius 3 is 1.20 bits per heavy atom. The standard InChI is InChI=1S/C84H57BN4/c1-8-25-58(26-9-1)61-43-48-68(49-44-61)87-78-55-65(60-29-12-3-13-30-60)47-52-74(78)85-75-53-54-77-81(73-39-22-23-42-76(73)89(77)83-71(63-31-14-4-15-32-63)40-24-41-72(83)64-33-16-5-17-34-64)84(75)88(69-50-45-62(46-51-69)59-27-10-2-11-28-59)80-57-70(56-79(87)82(80)85)86(66-35-18-6-19-36-66)67-37-20-7-21-38-67/h1-57H. The van der Waals surface area contributed by atoms with Crippen molar-refractivity contribution in [1.29, 1.82) is 0 Å². The van der Waals surface area contributed by atoms with Gasteiger partial charge in [-0.3, -0.25) is 0 Å². The SMILES string of the molecule is c1ccc(-c2ccc(N3c4cc(-c5ccccc5)ccc4B4c5ccc6c(c5N(c5ccc(-c7ccccc7)cc5)c5cc(N(c7ccccc7)c7ccccc7)cc3c54)c3ccccc3n6-c3c(-c4ccccc4)cccc3-c3ccccc3)cc2)cc1. The highest BCUT2D eigenvalue weighted by Crippen LogP contribution is 2.52. The van der Waals surface area contributed by atoms with E-state index in [0.29, 0.717) is 0 Å². The third kappa shape index (κ3) is 8.77. The van der Waals surface area contributed by atoms with Crippen molar-refractivity contribution in [1.82, 2.24) is 4.57 Å². The van der Waals surface area contributed by atoms with Gasteiger partial charge in [-0.25, -0.2) is 0 Å². The molecular formula is C84H57BN4. The third-order valence-corrected chi connectivity index (χ3v) is 18.1. The van der Waals surface area contributed by atoms with Crippen molar-refractivity contribution in [3.63, 3.8) is 0 Å². The first kappa shape index (κ1) is 51.7. The minimum Gasteiger partial charge on any atom is -0.311 e. The van der Waals surface area contributed by atoms with Gasteiger partial charge in [0.1, 0.15) is 0 Å². The zero-order chi connectivity index (χ0) is 58.8. The molecule has 0 saturated carbocycles. The summed E-state index contributed by atoms with van der Waals surface area (Å²) in [6.45, 7) is -0.187. The molecule has 0 bridgehead atoms. The van der Waals surface area contributed by atoms with Crippen LogP contribution in [0.4, 0.5) is 51.2 Å². The van der Waals surface area contributed by atoms with Gasteiger partial charge in [0.2, 0.25) is 0 Å². The normalized spacial score (nSPS) is 12.2. The first-order valence-electron chi connectivity index (χ1n) is 30.7. The second-order valence-corrected chi connectivity index (χ2v) is 23.2. The highest BCUT2D eigenvalue weighted by Gasteiger charge is 2.45. The summed E-state index contributed by atoms with van der Waals surface area (Å²) in [5.74, 6) is 0. The van der Waals surface area contributed by atoms with Crippen molar-refractivity contribution in [2.75, 3.05) is 14.7 Å². The molecule has 0 fully saturated rings. The fourth-order valence-electron chi connectivity index (χ4n) is 14.2. The van der Waals surface area contributed by atoms with E-state index in [9.17, 15) is 0 Å². The highest BCUT2D eigenvalue weighted by molar-refractivity contribution is 7.00. The molecule has 0 N–H and O–H groups in total. The van der Waals surface area contributed by atoms with Crippen LogP contribution in [0.25, 0.3) is 83.1 Å². The molecule has 0 atom stereocenters.